The summed E-state index contributed by atoms with van der Waals surface area (Å²) in [4.78, 5) is 8.42. The summed E-state index contributed by atoms with van der Waals surface area (Å²) in [5.41, 5.74) is 2.26. The van der Waals surface area contributed by atoms with Crippen molar-refractivity contribution in [2.75, 3.05) is 0 Å². The van der Waals surface area contributed by atoms with E-state index < -0.39 is 0 Å². The van der Waals surface area contributed by atoms with E-state index >= 15 is 0 Å². The van der Waals surface area contributed by atoms with Gasteiger partial charge in [0, 0.05) is 0 Å². The first-order valence-electron chi connectivity index (χ1n) is 4.31. The first kappa shape index (κ1) is 9.66. The second kappa shape index (κ2) is 3.53. The highest BCUT2D eigenvalue weighted by molar-refractivity contribution is 5.38. The fourth-order valence-electron chi connectivity index (χ4n) is 1.30. The lowest BCUT2D eigenvalue weighted by atomic mass is 10.0. The van der Waals surface area contributed by atoms with Crippen LogP contribution in [0.3, 0.4) is 0 Å². The van der Waals surface area contributed by atoms with Crippen LogP contribution in [0.2, 0.25) is 0 Å². The highest BCUT2D eigenvalue weighted by Gasteiger charge is 2.12. The maximum atomic E-state index is 8.91. The summed E-state index contributed by atoms with van der Waals surface area (Å²) in [7, 11) is 0. The van der Waals surface area contributed by atoms with Gasteiger partial charge in [0.05, 0.1) is 17.0 Å². The first-order chi connectivity index (χ1) is 6.06. The molecule has 1 aromatic heterocycles. The maximum Gasteiger partial charge on any atom is 0.125 e. The van der Waals surface area contributed by atoms with Crippen LogP contribution in [0.4, 0.5) is 0 Å². The molecule has 68 valence electrons. The molecule has 0 amide bonds. The molecule has 0 aliphatic carbocycles. The number of nitriles is 1. The molecule has 0 saturated heterocycles. The van der Waals surface area contributed by atoms with Gasteiger partial charge in [-0.15, -0.1) is 0 Å². The van der Waals surface area contributed by atoms with E-state index in [1.54, 1.807) is 0 Å². The normalized spacial score (nSPS) is 10.2. The molecule has 1 heterocycles. The Hall–Kier alpha value is -1.43. The van der Waals surface area contributed by atoms with Gasteiger partial charge in [-0.1, -0.05) is 13.8 Å². The lowest BCUT2D eigenvalue weighted by Gasteiger charge is -2.08. The van der Waals surface area contributed by atoms with Crippen molar-refractivity contribution in [1.29, 1.82) is 5.26 Å². The van der Waals surface area contributed by atoms with Gasteiger partial charge in [0.15, 0.2) is 0 Å². The van der Waals surface area contributed by atoms with Crippen LogP contribution in [0.25, 0.3) is 0 Å². The van der Waals surface area contributed by atoms with Crippen molar-refractivity contribution in [2.24, 2.45) is 0 Å². The molecule has 13 heavy (non-hydrogen) atoms. The molecule has 0 aromatic carbocycles. The molecule has 0 saturated carbocycles. The van der Waals surface area contributed by atoms with Gasteiger partial charge in [-0.05, 0) is 19.8 Å². The topological polar surface area (TPSA) is 49.6 Å². The molecule has 1 rings (SSSR count). The summed E-state index contributed by atoms with van der Waals surface area (Å²) in [5, 5.41) is 8.91. The van der Waals surface area contributed by atoms with E-state index in [-0.39, 0.29) is 5.92 Å². The zero-order chi connectivity index (χ0) is 10.0. The van der Waals surface area contributed by atoms with E-state index in [1.807, 2.05) is 27.7 Å². The molecule has 1 aromatic rings. The van der Waals surface area contributed by atoms with E-state index in [1.165, 1.54) is 0 Å². The molecular weight excluding hydrogens is 162 g/mol. The van der Waals surface area contributed by atoms with Gasteiger partial charge in [-0.2, -0.15) is 5.26 Å². The van der Waals surface area contributed by atoms with E-state index in [2.05, 4.69) is 16.0 Å². The van der Waals surface area contributed by atoms with Crippen LogP contribution in [0.15, 0.2) is 0 Å². The van der Waals surface area contributed by atoms with Gasteiger partial charge in [0.25, 0.3) is 0 Å². The Bertz CT molecular complexity index is 361. The molecule has 0 radical (unpaired) electrons. The third kappa shape index (κ3) is 1.83. The SMILES string of the molecule is Cc1nc(C)c(C#N)c(C(C)C)n1. The van der Waals surface area contributed by atoms with Crippen molar-refractivity contribution in [3.8, 4) is 6.07 Å². The van der Waals surface area contributed by atoms with Crippen LogP contribution in [-0.4, -0.2) is 9.97 Å². The lowest BCUT2D eigenvalue weighted by Crippen LogP contribution is -2.04. The molecule has 0 aliphatic heterocycles. The minimum atomic E-state index is 0.273. The minimum absolute atomic E-state index is 0.273. The van der Waals surface area contributed by atoms with Crippen LogP contribution in [0.1, 0.15) is 42.5 Å². The lowest BCUT2D eigenvalue weighted by molar-refractivity contribution is 0.789. The van der Waals surface area contributed by atoms with Crippen molar-refractivity contribution in [2.45, 2.75) is 33.6 Å². The second-order valence-electron chi connectivity index (χ2n) is 3.38. The number of hydrogen-bond acceptors (Lipinski definition) is 3. The predicted molar refractivity (Wildman–Crippen MR) is 50.3 cm³/mol. The van der Waals surface area contributed by atoms with E-state index in [4.69, 9.17) is 5.26 Å². The summed E-state index contributed by atoms with van der Waals surface area (Å²) < 4.78 is 0. The minimum Gasteiger partial charge on any atom is -0.237 e. The van der Waals surface area contributed by atoms with Crippen molar-refractivity contribution in [1.82, 2.24) is 9.97 Å². The number of nitrogens with zero attached hydrogens (tertiary/aromatic N) is 3. The molecule has 0 bridgehead atoms. The smallest absolute Gasteiger partial charge is 0.125 e. The largest absolute Gasteiger partial charge is 0.237 e. The quantitative estimate of drug-likeness (QED) is 0.656. The molecular formula is C10H13N3. The summed E-state index contributed by atoms with van der Waals surface area (Å²) in [6.07, 6.45) is 0. The summed E-state index contributed by atoms with van der Waals surface area (Å²) in [6, 6.07) is 2.15. The van der Waals surface area contributed by atoms with Crippen LogP contribution in [-0.2, 0) is 0 Å². The van der Waals surface area contributed by atoms with Gasteiger partial charge < -0.3 is 0 Å². The molecule has 0 unspecified atom stereocenters. The van der Waals surface area contributed by atoms with E-state index in [9.17, 15) is 0 Å². The van der Waals surface area contributed by atoms with E-state index in [0.717, 1.165) is 17.2 Å². The van der Waals surface area contributed by atoms with Gasteiger partial charge in [0.2, 0.25) is 0 Å². The highest BCUT2D eigenvalue weighted by Crippen LogP contribution is 2.18. The number of rotatable bonds is 1. The average molecular weight is 175 g/mol. The zero-order valence-electron chi connectivity index (χ0n) is 8.42. The van der Waals surface area contributed by atoms with Gasteiger partial charge in [0.1, 0.15) is 11.9 Å². The molecule has 0 atom stereocenters. The molecule has 0 aliphatic rings. The van der Waals surface area contributed by atoms with E-state index in [0.29, 0.717) is 5.56 Å². The number of aryl methyl sites for hydroxylation is 2. The Kier molecular flexibility index (Phi) is 2.62. The predicted octanol–water partition coefficient (Wildman–Crippen LogP) is 2.09. The van der Waals surface area contributed by atoms with Crippen LogP contribution < -0.4 is 0 Å². The standard InChI is InChI=1S/C10H13N3/c1-6(2)10-9(5-11)7(3)12-8(4)13-10/h6H,1-4H3. The molecule has 3 heteroatoms. The Morgan fingerprint density at radius 2 is 1.85 bits per heavy atom. The number of aromatic nitrogens is 2. The van der Waals surface area contributed by atoms with Gasteiger partial charge in [-0.3, -0.25) is 0 Å². The van der Waals surface area contributed by atoms with Gasteiger partial charge in [-0.25, -0.2) is 9.97 Å². The molecule has 0 fully saturated rings. The van der Waals surface area contributed by atoms with Crippen molar-refractivity contribution >= 4 is 0 Å². The van der Waals surface area contributed by atoms with Crippen molar-refractivity contribution < 1.29 is 0 Å². The van der Waals surface area contributed by atoms with Crippen LogP contribution in [0.5, 0.6) is 0 Å². The molecule has 3 nitrogen and oxygen atoms in total. The zero-order valence-corrected chi connectivity index (χ0v) is 8.42. The monoisotopic (exact) mass is 175 g/mol. The van der Waals surface area contributed by atoms with Gasteiger partial charge >= 0.3 is 0 Å². The Morgan fingerprint density at radius 3 is 2.31 bits per heavy atom. The molecule has 0 spiro atoms. The average Bonchev–Trinajstić information content (AvgIpc) is 2.02. The fourth-order valence-corrected chi connectivity index (χ4v) is 1.30. The maximum absolute atomic E-state index is 8.91. The Morgan fingerprint density at radius 1 is 1.23 bits per heavy atom. The Balaban J connectivity index is 3.41. The molecule has 0 N–H and O–H groups in total. The summed E-state index contributed by atoms with van der Waals surface area (Å²) >= 11 is 0. The first-order valence-corrected chi connectivity index (χ1v) is 4.31. The van der Waals surface area contributed by atoms with Crippen molar-refractivity contribution in [3.05, 3.63) is 22.8 Å². The Labute approximate surface area is 78.5 Å². The third-order valence-electron chi connectivity index (χ3n) is 1.89. The second-order valence-corrected chi connectivity index (χ2v) is 3.38. The van der Waals surface area contributed by atoms with Crippen LogP contribution >= 0.6 is 0 Å². The van der Waals surface area contributed by atoms with Crippen LogP contribution in [0, 0.1) is 25.2 Å². The van der Waals surface area contributed by atoms with Crippen molar-refractivity contribution in [3.63, 3.8) is 0 Å². The summed E-state index contributed by atoms with van der Waals surface area (Å²) in [5.74, 6) is 1.01. The highest BCUT2D eigenvalue weighted by atomic mass is 14.9. The third-order valence-corrected chi connectivity index (χ3v) is 1.89. The number of hydrogen-bond donors (Lipinski definition) is 0. The summed E-state index contributed by atoms with van der Waals surface area (Å²) in [6.45, 7) is 7.75. The fraction of sp³-hybridized carbons (Fsp3) is 0.500.